The fourth-order valence-corrected chi connectivity index (χ4v) is 5.98. The fourth-order valence-electron chi connectivity index (χ4n) is 2.82. The zero-order chi connectivity index (χ0) is 16.5. The van der Waals surface area contributed by atoms with Crippen LogP contribution in [0.1, 0.15) is 26.2 Å². The Balaban J connectivity index is 2.36. The van der Waals surface area contributed by atoms with Crippen LogP contribution < -0.4 is 0 Å². The number of nitrogens with zero attached hydrogens (tertiary/aromatic N) is 1. The van der Waals surface area contributed by atoms with E-state index in [0.29, 0.717) is 10.8 Å². The molecule has 0 radical (unpaired) electrons. The number of piperidine rings is 1. The Kier molecular flexibility index (Phi) is 5.18. The van der Waals surface area contributed by atoms with Gasteiger partial charge in [-0.1, -0.05) is 24.9 Å². The van der Waals surface area contributed by atoms with Crippen molar-refractivity contribution in [3.63, 3.8) is 0 Å². The molecule has 0 aliphatic carbocycles. The molecule has 6 nitrogen and oxygen atoms in total. The number of aliphatic hydroxyl groups is 1. The van der Waals surface area contributed by atoms with Gasteiger partial charge in [0.05, 0.1) is 10.4 Å². The second-order valence-electron chi connectivity index (χ2n) is 5.41. The van der Waals surface area contributed by atoms with Crippen molar-refractivity contribution >= 4 is 38.9 Å². The van der Waals surface area contributed by atoms with Crippen LogP contribution in [-0.2, 0) is 14.8 Å². The van der Waals surface area contributed by atoms with Gasteiger partial charge in [-0.3, -0.25) is 4.79 Å². The number of aliphatic carboxylic acids is 1. The maximum atomic E-state index is 12.6. The van der Waals surface area contributed by atoms with Gasteiger partial charge in [-0.25, -0.2) is 8.42 Å². The molecule has 0 aromatic carbocycles. The van der Waals surface area contributed by atoms with E-state index in [1.807, 2.05) is 6.92 Å². The van der Waals surface area contributed by atoms with Crippen LogP contribution in [0.5, 0.6) is 0 Å². The van der Waals surface area contributed by atoms with Crippen molar-refractivity contribution in [2.45, 2.75) is 36.5 Å². The minimum absolute atomic E-state index is 0.0877. The van der Waals surface area contributed by atoms with E-state index in [0.717, 1.165) is 15.6 Å². The van der Waals surface area contributed by atoms with Crippen LogP contribution in [0.3, 0.4) is 0 Å². The molecule has 0 bridgehead atoms. The number of aliphatic hydroxyl groups excluding tert-OH is 1. The van der Waals surface area contributed by atoms with Crippen molar-refractivity contribution in [2.24, 2.45) is 5.41 Å². The van der Waals surface area contributed by atoms with E-state index in [1.165, 1.54) is 12.1 Å². The monoisotopic (exact) mass is 367 g/mol. The van der Waals surface area contributed by atoms with Crippen LogP contribution >= 0.6 is 22.9 Å². The number of hydrogen-bond acceptors (Lipinski definition) is 5. The summed E-state index contributed by atoms with van der Waals surface area (Å²) in [4.78, 5) is 11.7. The molecule has 0 unspecified atom stereocenters. The molecule has 1 fully saturated rings. The molecular weight excluding hydrogens is 350 g/mol. The maximum Gasteiger partial charge on any atom is 0.313 e. The van der Waals surface area contributed by atoms with E-state index < -0.39 is 27.5 Å². The number of carboxylic acid groups (broad SMARTS) is 1. The van der Waals surface area contributed by atoms with Gasteiger partial charge in [0.25, 0.3) is 10.0 Å². The summed E-state index contributed by atoms with van der Waals surface area (Å²) >= 11 is 6.72. The first kappa shape index (κ1) is 17.7. The Morgan fingerprint density at radius 1 is 1.55 bits per heavy atom. The molecule has 0 amide bonds. The Hall–Kier alpha value is -0.670. The van der Waals surface area contributed by atoms with E-state index in [4.69, 9.17) is 11.6 Å². The number of rotatable bonds is 5. The summed E-state index contributed by atoms with van der Waals surface area (Å²) in [5.41, 5.74) is -1.46. The molecule has 1 aliphatic heterocycles. The summed E-state index contributed by atoms with van der Waals surface area (Å²) in [6, 6.07) is 2.91. The van der Waals surface area contributed by atoms with E-state index >= 15 is 0 Å². The summed E-state index contributed by atoms with van der Waals surface area (Å²) in [6.45, 7) is 1.68. The lowest BCUT2D eigenvalue weighted by atomic mass is 9.74. The molecule has 124 valence electrons. The second-order valence-corrected chi connectivity index (χ2v) is 9.29. The average molecular weight is 368 g/mol. The number of carbonyl (C=O) groups is 1. The first-order chi connectivity index (χ1) is 10.2. The largest absolute Gasteiger partial charge is 0.481 e. The van der Waals surface area contributed by atoms with Crippen molar-refractivity contribution in [1.82, 2.24) is 4.31 Å². The van der Waals surface area contributed by atoms with Crippen molar-refractivity contribution in [2.75, 3.05) is 13.1 Å². The van der Waals surface area contributed by atoms with Crippen molar-refractivity contribution in [3.8, 4) is 0 Å². The molecule has 0 saturated carbocycles. The van der Waals surface area contributed by atoms with E-state index in [1.54, 1.807) is 0 Å². The summed E-state index contributed by atoms with van der Waals surface area (Å²) in [6.07, 6.45) is -0.184. The highest BCUT2D eigenvalue weighted by Gasteiger charge is 2.51. The molecule has 22 heavy (non-hydrogen) atoms. The van der Waals surface area contributed by atoms with E-state index in [9.17, 15) is 23.4 Å². The summed E-state index contributed by atoms with van der Waals surface area (Å²) in [5.74, 6) is -1.16. The predicted octanol–water partition coefficient (Wildman–Crippen LogP) is 2.03. The van der Waals surface area contributed by atoms with Gasteiger partial charge >= 0.3 is 5.97 Å². The van der Waals surface area contributed by atoms with Gasteiger partial charge in [0.1, 0.15) is 9.62 Å². The van der Waals surface area contributed by atoms with Crippen LogP contribution in [0.2, 0.25) is 4.34 Å². The van der Waals surface area contributed by atoms with Crippen LogP contribution in [-0.4, -0.2) is 48.1 Å². The van der Waals surface area contributed by atoms with Crippen molar-refractivity contribution in [1.29, 1.82) is 0 Å². The molecule has 2 atom stereocenters. The third-order valence-electron chi connectivity index (χ3n) is 4.01. The van der Waals surface area contributed by atoms with Gasteiger partial charge in [-0.15, -0.1) is 11.3 Å². The van der Waals surface area contributed by atoms with E-state index in [2.05, 4.69) is 0 Å². The fraction of sp³-hybridized carbons (Fsp3) is 0.615. The van der Waals surface area contributed by atoms with Gasteiger partial charge in [0, 0.05) is 13.1 Å². The van der Waals surface area contributed by atoms with Crippen LogP contribution in [0.25, 0.3) is 0 Å². The number of hydrogen-bond donors (Lipinski definition) is 2. The third kappa shape index (κ3) is 3.03. The SMILES string of the molecule is CCC[C@]1(C(=O)O)CN(S(=O)(=O)c2ccc(Cl)s2)CC[C@@H]1O. The van der Waals surface area contributed by atoms with Gasteiger partial charge in [0.15, 0.2) is 0 Å². The van der Waals surface area contributed by atoms with Crippen LogP contribution in [0.15, 0.2) is 16.3 Å². The van der Waals surface area contributed by atoms with Crippen molar-refractivity contribution < 1.29 is 23.4 Å². The van der Waals surface area contributed by atoms with Gasteiger partial charge in [-0.05, 0) is 25.0 Å². The zero-order valence-corrected chi connectivity index (χ0v) is 14.4. The molecule has 0 spiro atoms. The molecule has 2 N–H and O–H groups in total. The van der Waals surface area contributed by atoms with Crippen molar-refractivity contribution in [3.05, 3.63) is 16.5 Å². The highest BCUT2D eigenvalue weighted by atomic mass is 35.5. The Labute approximate surface area is 138 Å². The number of carboxylic acids is 1. The summed E-state index contributed by atoms with van der Waals surface area (Å²) in [7, 11) is -3.79. The second kappa shape index (κ2) is 6.45. The number of thiophene rings is 1. The lowest BCUT2D eigenvalue weighted by molar-refractivity contribution is -0.161. The summed E-state index contributed by atoms with van der Waals surface area (Å²) in [5, 5.41) is 19.7. The topological polar surface area (TPSA) is 94.9 Å². The molecule has 1 aliphatic rings. The van der Waals surface area contributed by atoms with Gasteiger partial charge < -0.3 is 10.2 Å². The Morgan fingerprint density at radius 3 is 2.73 bits per heavy atom. The molecule has 1 aromatic rings. The van der Waals surface area contributed by atoms with Crippen LogP contribution in [0, 0.1) is 5.41 Å². The quantitative estimate of drug-likeness (QED) is 0.830. The third-order valence-corrected chi connectivity index (χ3v) is 7.56. The lowest BCUT2D eigenvalue weighted by Crippen LogP contribution is -2.57. The molecular formula is C13H18ClNO5S2. The lowest BCUT2D eigenvalue weighted by Gasteiger charge is -2.42. The Bertz CT molecular complexity index is 659. The van der Waals surface area contributed by atoms with Crippen LogP contribution in [0.4, 0.5) is 0 Å². The van der Waals surface area contributed by atoms with Gasteiger partial charge in [-0.2, -0.15) is 4.31 Å². The normalized spacial score (nSPS) is 27.0. The first-order valence-electron chi connectivity index (χ1n) is 6.91. The molecule has 2 heterocycles. The maximum absolute atomic E-state index is 12.6. The highest BCUT2D eigenvalue weighted by Crippen LogP contribution is 2.38. The Morgan fingerprint density at radius 2 is 2.23 bits per heavy atom. The minimum atomic E-state index is -3.79. The van der Waals surface area contributed by atoms with E-state index in [-0.39, 0.29) is 30.1 Å². The number of halogens is 1. The highest BCUT2D eigenvalue weighted by molar-refractivity contribution is 7.91. The predicted molar refractivity (Wildman–Crippen MR) is 83.7 cm³/mol. The summed E-state index contributed by atoms with van der Waals surface area (Å²) < 4.78 is 26.8. The smallest absolute Gasteiger partial charge is 0.313 e. The average Bonchev–Trinajstić information content (AvgIpc) is 2.88. The number of sulfonamides is 1. The zero-order valence-electron chi connectivity index (χ0n) is 12.0. The molecule has 1 saturated heterocycles. The first-order valence-corrected chi connectivity index (χ1v) is 9.54. The molecule has 1 aromatic heterocycles. The van der Waals surface area contributed by atoms with Gasteiger partial charge in [0.2, 0.25) is 0 Å². The molecule has 9 heteroatoms. The minimum Gasteiger partial charge on any atom is -0.481 e. The standard InChI is InChI=1S/C13H18ClNO5S2/c1-2-6-13(12(17)18)8-15(7-5-9(13)16)22(19,20)11-4-3-10(14)21-11/h3-4,9,16H,2,5-8H2,1H3,(H,17,18)/t9-,13-/m0/s1. The molecule has 2 rings (SSSR count).